The van der Waals surface area contributed by atoms with Crippen molar-refractivity contribution in [3.63, 3.8) is 0 Å². The van der Waals surface area contributed by atoms with Crippen molar-refractivity contribution in [1.82, 2.24) is 0 Å². The van der Waals surface area contributed by atoms with E-state index in [1.165, 1.54) is 75.4 Å². The molecule has 0 N–H and O–H groups in total. The van der Waals surface area contributed by atoms with E-state index in [4.69, 9.17) is 0 Å². The monoisotopic (exact) mass is 598 g/mol. The smallest absolute Gasteiger partial charge is 0.0865 e. The van der Waals surface area contributed by atoms with Crippen LogP contribution in [0.5, 0.6) is 0 Å². The molecule has 0 aromatic heterocycles. The SMILES string of the molecule is C=C(C)[Si](C)(C)C/C=C/[Si](C1CCCCC1)(C1CCCCC1)C1CCC(/C=C/[Si](C(C)C)(C(C)C)C(C)C)CC1. The van der Waals surface area contributed by atoms with Gasteiger partial charge in [0.05, 0.1) is 24.2 Å². The van der Waals surface area contributed by atoms with Crippen molar-refractivity contribution in [3.05, 3.63) is 35.3 Å². The number of hydrogen-bond donors (Lipinski definition) is 0. The lowest BCUT2D eigenvalue weighted by Crippen LogP contribution is -2.50. The van der Waals surface area contributed by atoms with Gasteiger partial charge in [0.2, 0.25) is 0 Å². The molecule has 0 heterocycles. The van der Waals surface area contributed by atoms with Crippen LogP contribution in [0, 0.1) is 5.92 Å². The fourth-order valence-corrected chi connectivity index (χ4v) is 24.6. The summed E-state index contributed by atoms with van der Waals surface area (Å²) in [5.41, 5.74) is 11.6. The van der Waals surface area contributed by atoms with E-state index in [2.05, 4.69) is 91.7 Å². The van der Waals surface area contributed by atoms with Crippen LogP contribution in [0.4, 0.5) is 0 Å². The minimum absolute atomic E-state index is 0.829. The van der Waals surface area contributed by atoms with E-state index < -0.39 is 24.2 Å². The lowest BCUT2D eigenvalue weighted by atomic mass is 9.89. The molecule has 40 heavy (non-hydrogen) atoms. The Morgan fingerprint density at radius 1 is 0.650 bits per heavy atom. The zero-order valence-electron chi connectivity index (χ0n) is 28.7. The van der Waals surface area contributed by atoms with Gasteiger partial charge in [0.1, 0.15) is 0 Å². The van der Waals surface area contributed by atoms with Crippen molar-refractivity contribution in [2.75, 3.05) is 0 Å². The molecule has 3 fully saturated rings. The van der Waals surface area contributed by atoms with Gasteiger partial charge in [-0.3, -0.25) is 0 Å². The number of hydrogen-bond acceptors (Lipinski definition) is 0. The average Bonchev–Trinajstić information content (AvgIpc) is 2.92. The van der Waals surface area contributed by atoms with E-state index in [1.807, 2.05) is 0 Å². The summed E-state index contributed by atoms with van der Waals surface area (Å²) >= 11 is 0. The molecule has 3 rings (SSSR count). The average molecular weight is 599 g/mol. The fraction of sp³-hybridized carbons (Fsp3) is 0.838. The van der Waals surface area contributed by atoms with Crippen LogP contribution in [0.25, 0.3) is 0 Å². The Bertz CT molecular complexity index is 788. The first-order valence-electron chi connectivity index (χ1n) is 17.9. The number of rotatable bonds is 12. The topological polar surface area (TPSA) is 0 Å². The molecule has 0 aromatic rings. The second-order valence-corrected chi connectivity index (χ2v) is 32.0. The highest BCUT2D eigenvalue weighted by Gasteiger charge is 2.51. The molecule has 0 nitrogen and oxygen atoms in total. The van der Waals surface area contributed by atoms with Crippen molar-refractivity contribution in [3.8, 4) is 0 Å². The molecule has 3 heteroatoms. The molecule has 0 amide bonds. The van der Waals surface area contributed by atoms with Crippen molar-refractivity contribution in [2.45, 2.75) is 191 Å². The van der Waals surface area contributed by atoms with E-state index in [-0.39, 0.29) is 0 Å². The van der Waals surface area contributed by atoms with Crippen LogP contribution in [-0.4, -0.2) is 24.2 Å². The molecule has 3 aliphatic carbocycles. The maximum absolute atomic E-state index is 4.42. The molecule has 3 saturated carbocycles. The van der Waals surface area contributed by atoms with Gasteiger partial charge in [-0.25, -0.2) is 0 Å². The Morgan fingerprint density at radius 2 is 1.07 bits per heavy atom. The lowest BCUT2D eigenvalue weighted by Gasteiger charge is -2.52. The van der Waals surface area contributed by atoms with Crippen LogP contribution in [-0.2, 0) is 0 Å². The van der Waals surface area contributed by atoms with Gasteiger partial charge in [-0.05, 0) is 65.0 Å². The van der Waals surface area contributed by atoms with Gasteiger partial charge < -0.3 is 0 Å². The summed E-state index contributed by atoms with van der Waals surface area (Å²) in [6.07, 6.45) is 26.8. The molecule has 0 bridgehead atoms. The minimum Gasteiger partial charge on any atom is -0.104 e. The second kappa shape index (κ2) is 15.0. The van der Waals surface area contributed by atoms with Crippen molar-refractivity contribution in [2.24, 2.45) is 5.92 Å². The third-order valence-corrected chi connectivity index (χ3v) is 30.1. The highest BCUT2D eigenvalue weighted by atomic mass is 28.3. The van der Waals surface area contributed by atoms with Crippen LogP contribution in [0.2, 0.25) is 52.4 Å². The van der Waals surface area contributed by atoms with Gasteiger partial charge in [-0.2, -0.15) is 0 Å². The molecule has 0 saturated heterocycles. The molecule has 0 spiro atoms. The standard InChI is InChI=1S/C37H70Si3/c1-30(2)38(9,10)27-17-28-40(35-18-13-11-14-19-35,36-20-15-12-16-21-36)37-24-22-34(23-25-37)26-29-39(31(3)4,32(5)6)33(7)8/h17,26,28-29,31-37H,1,11-16,18-25,27H2,2-10H3/b28-17+,29-26+. The van der Waals surface area contributed by atoms with Crippen LogP contribution in [0.15, 0.2) is 35.3 Å². The van der Waals surface area contributed by atoms with E-state index in [9.17, 15) is 0 Å². The van der Waals surface area contributed by atoms with Crippen molar-refractivity contribution >= 4 is 24.2 Å². The molecule has 230 valence electrons. The number of allylic oxidation sites excluding steroid dienone is 3. The molecule has 0 unspecified atom stereocenters. The van der Waals surface area contributed by atoms with Gasteiger partial charge in [0.15, 0.2) is 0 Å². The Labute approximate surface area is 255 Å². The summed E-state index contributed by atoms with van der Waals surface area (Å²) in [5, 5.41) is 1.48. The summed E-state index contributed by atoms with van der Waals surface area (Å²) in [7, 11) is -4.38. The summed E-state index contributed by atoms with van der Waals surface area (Å²) in [4.78, 5) is 0. The molecular formula is C37H70Si3. The molecule has 0 radical (unpaired) electrons. The van der Waals surface area contributed by atoms with Crippen LogP contribution >= 0.6 is 0 Å². The zero-order valence-corrected chi connectivity index (χ0v) is 31.7. The van der Waals surface area contributed by atoms with Crippen LogP contribution < -0.4 is 0 Å². The third kappa shape index (κ3) is 7.68. The Morgan fingerprint density at radius 3 is 1.48 bits per heavy atom. The Hall–Kier alpha value is -0.129. The van der Waals surface area contributed by atoms with Gasteiger partial charge in [0, 0.05) is 0 Å². The first-order chi connectivity index (χ1) is 18.9. The van der Waals surface area contributed by atoms with Crippen LogP contribution in [0.3, 0.4) is 0 Å². The Kier molecular flexibility index (Phi) is 12.9. The molecule has 0 atom stereocenters. The van der Waals surface area contributed by atoms with Gasteiger partial charge >= 0.3 is 0 Å². The molecule has 0 aliphatic heterocycles. The van der Waals surface area contributed by atoms with Crippen LogP contribution in [0.1, 0.15) is 138 Å². The maximum atomic E-state index is 4.42. The quantitative estimate of drug-likeness (QED) is 0.196. The van der Waals surface area contributed by atoms with E-state index >= 15 is 0 Å². The largest absolute Gasteiger partial charge is 0.104 e. The molecule has 3 aliphatic rings. The summed E-state index contributed by atoms with van der Waals surface area (Å²) in [6, 6.07) is 1.32. The first kappa shape index (κ1) is 34.4. The predicted molar refractivity (Wildman–Crippen MR) is 192 cm³/mol. The zero-order chi connectivity index (χ0) is 29.6. The van der Waals surface area contributed by atoms with Gasteiger partial charge in [-0.1, -0.05) is 160 Å². The molecular weight excluding hydrogens is 529 g/mol. The lowest BCUT2D eigenvalue weighted by molar-refractivity contribution is 0.385. The van der Waals surface area contributed by atoms with Gasteiger partial charge in [0.25, 0.3) is 0 Å². The van der Waals surface area contributed by atoms with E-state index in [1.54, 1.807) is 25.7 Å². The summed E-state index contributed by atoms with van der Waals surface area (Å²) in [5.74, 6) is 0.836. The highest BCUT2D eigenvalue weighted by Crippen LogP contribution is 2.58. The molecule has 0 aromatic carbocycles. The van der Waals surface area contributed by atoms with Gasteiger partial charge in [-0.15, -0.1) is 6.58 Å². The van der Waals surface area contributed by atoms with E-state index in [0.29, 0.717) is 0 Å². The highest BCUT2D eigenvalue weighted by molar-refractivity contribution is 6.89. The summed E-state index contributed by atoms with van der Waals surface area (Å²) < 4.78 is 0. The fourth-order valence-electron chi connectivity index (χ4n) is 10.0. The van der Waals surface area contributed by atoms with Crippen molar-refractivity contribution < 1.29 is 0 Å². The minimum atomic E-state index is -1.57. The second-order valence-electron chi connectivity index (χ2n) is 16.4. The predicted octanol–water partition coefficient (Wildman–Crippen LogP) is 13.4. The van der Waals surface area contributed by atoms with E-state index in [0.717, 1.165) is 39.2 Å². The summed E-state index contributed by atoms with van der Waals surface area (Å²) in [6.45, 7) is 26.9. The maximum Gasteiger partial charge on any atom is 0.0865 e. The normalized spacial score (nSPS) is 25.2. The van der Waals surface area contributed by atoms with Crippen molar-refractivity contribution in [1.29, 1.82) is 0 Å². The third-order valence-electron chi connectivity index (χ3n) is 13.0. The Balaban J connectivity index is 1.89. The first-order valence-corrected chi connectivity index (χ1v) is 25.7.